The molecule has 11 heterocycles. The third kappa shape index (κ3) is 15.8. The predicted molar refractivity (Wildman–Crippen MR) is 381 cm³/mol. The molecule has 10 N–H and O–H groups in total. The maximum absolute atomic E-state index is 13.0. The minimum Gasteiger partial charge on any atom is -0.476 e. The Kier molecular flexibility index (Phi) is 22.2. The van der Waals surface area contributed by atoms with Gasteiger partial charge in [0, 0.05) is 80.1 Å². The van der Waals surface area contributed by atoms with Gasteiger partial charge in [-0.15, -0.1) is 0 Å². The highest BCUT2D eigenvalue weighted by Crippen LogP contribution is 2.38. The van der Waals surface area contributed by atoms with Crippen molar-refractivity contribution in [1.29, 1.82) is 0 Å². The van der Waals surface area contributed by atoms with Gasteiger partial charge in [0.15, 0.2) is 15.6 Å². The smallest absolute Gasteiger partial charge is 0.361 e. The maximum Gasteiger partial charge on any atom is 0.361 e. The summed E-state index contributed by atoms with van der Waals surface area (Å²) in [5.41, 5.74) is 31.7. The number of H-pyrrole nitrogens is 1. The van der Waals surface area contributed by atoms with E-state index < -0.39 is 52.8 Å². The zero-order chi connectivity index (χ0) is 77.2. The molecule has 9 aliphatic rings. The van der Waals surface area contributed by atoms with Crippen LogP contribution in [0.15, 0.2) is 59.1 Å². The molecule has 0 saturated heterocycles. The van der Waals surface area contributed by atoms with Crippen LogP contribution in [0.2, 0.25) is 0 Å². The molecule has 107 heavy (non-hydrogen) atoms. The van der Waals surface area contributed by atoms with E-state index in [0.717, 1.165) is 81.5 Å². The Hall–Kier alpha value is -11.8. The van der Waals surface area contributed by atoms with E-state index in [9.17, 15) is 70.6 Å². The summed E-state index contributed by atoms with van der Waals surface area (Å²) in [6.07, 6.45) is 21.3. The number of carbonyl (C=O) groups excluding carboxylic acids is 6. The number of nitrogen functional groups attached to an aromatic ring is 3. The molecule has 6 aromatic heterocycles. The van der Waals surface area contributed by atoms with Crippen molar-refractivity contribution in [2.75, 3.05) is 90.9 Å². The van der Waals surface area contributed by atoms with Gasteiger partial charge in [0.05, 0.1) is 78.7 Å². The quantitative estimate of drug-likeness (QED) is 0.0675. The molecule has 0 radical (unpaired) electrons. The van der Waals surface area contributed by atoms with Crippen molar-refractivity contribution in [3.05, 3.63) is 154 Å². The van der Waals surface area contributed by atoms with Crippen LogP contribution in [-0.4, -0.2) is 230 Å². The second-order valence-corrected chi connectivity index (χ2v) is 30.3. The van der Waals surface area contributed by atoms with Crippen LogP contribution < -0.4 is 22.3 Å². The first-order chi connectivity index (χ1) is 50.7. The molecular formula is C66H81N23O16S2. The van der Waals surface area contributed by atoms with Crippen molar-refractivity contribution in [3.63, 3.8) is 0 Å². The van der Waals surface area contributed by atoms with E-state index in [2.05, 4.69) is 42.7 Å². The summed E-state index contributed by atoms with van der Waals surface area (Å²) in [6.45, 7) is 5.82. The summed E-state index contributed by atoms with van der Waals surface area (Å²) < 4.78 is 55.9. The third-order valence-corrected chi connectivity index (χ3v) is 22.4. The summed E-state index contributed by atoms with van der Waals surface area (Å²) in [6, 6.07) is 4.72. The van der Waals surface area contributed by atoms with Gasteiger partial charge in [0.25, 0.3) is 29.5 Å². The molecule has 0 atom stereocenters. The molecule has 5 amide bonds. The van der Waals surface area contributed by atoms with Crippen LogP contribution in [0.3, 0.4) is 0 Å². The summed E-state index contributed by atoms with van der Waals surface area (Å²) in [7, 11) is 0.546. The number of nitrogens with zero attached hydrogens (tertiary/aromatic N) is 18. The van der Waals surface area contributed by atoms with E-state index in [0.29, 0.717) is 75.1 Å². The zero-order valence-electron chi connectivity index (χ0n) is 59.3. The van der Waals surface area contributed by atoms with Crippen molar-refractivity contribution in [2.24, 2.45) is 5.14 Å². The third-order valence-electron chi connectivity index (χ3n) is 19.9. The average molecular weight is 1520 g/mol. The van der Waals surface area contributed by atoms with Crippen molar-refractivity contribution in [3.8, 4) is 0 Å². The standard InChI is InChI=1S/C22H25N3O4S.C12H15N.C7H10N4O3S.C7H8N4O3.2C7H10N4O.C4H3N3O4/c1-24-8-9-25-21(22(24)27)20(12-23-25)30(28,29)13-16(26)11-19-17-6-2-4-14(17)10-15-5-3-7-18(15)19;13-12-10-5-1-3-8(10)7-9-4-2-6-11(9)12;1-10-2-3-11-6(7(10)12)5(4-9-11)15(8,13)14;1-9-2-3-10-6(7(9)12)5(4-8-10)11(13)14;2*1-10-2-3-11-6(7(10)12)5(8)4-9-11;8-4(9)3-2(7(10)11)1-5-6-3/h10,12H,2-9,11,13H2,1H3;7H,1-6,13H2;4H,2-3H2,1H3,(H2,8,13,14);4H,2-3H2,1H3;2*4H,2-3,8H2,1H3;1H,(H,5,6)(H,8,9). The lowest BCUT2D eigenvalue weighted by Gasteiger charge is -2.23. The number of carboxylic acid groups (broad SMARTS) is 1. The fourth-order valence-electron chi connectivity index (χ4n) is 14.2. The molecule has 0 bridgehead atoms. The van der Waals surface area contributed by atoms with Crippen LogP contribution in [0.5, 0.6) is 0 Å². The number of carbonyl (C=O) groups is 7. The van der Waals surface area contributed by atoms with E-state index in [1.165, 1.54) is 130 Å². The molecule has 0 saturated carbocycles. The van der Waals surface area contributed by atoms with Crippen LogP contribution in [0, 0.1) is 20.2 Å². The Morgan fingerprint density at radius 3 is 1.22 bits per heavy atom. The number of primary sulfonamides is 1. The number of hydrogen-bond donors (Lipinski definition) is 6. The highest BCUT2D eigenvalue weighted by atomic mass is 32.2. The largest absolute Gasteiger partial charge is 0.476 e. The summed E-state index contributed by atoms with van der Waals surface area (Å²) in [4.78, 5) is 108. The highest BCUT2D eigenvalue weighted by molar-refractivity contribution is 7.92. The number of aromatic amines is 1. The molecule has 5 aliphatic heterocycles. The Morgan fingerprint density at radius 1 is 0.477 bits per heavy atom. The minimum absolute atomic E-state index is 0.0451. The van der Waals surface area contributed by atoms with Gasteiger partial charge in [-0.1, -0.05) is 12.1 Å². The number of aromatic nitrogens is 12. The van der Waals surface area contributed by atoms with E-state index in [4.69, 9.17) is 27.4 Å². The van der Waals surface area contributed by atoms with E-state index in [1.54, 1.807) is 54.4 Å². The number of nitrogens with one attached hydrogen (secondary N) is 1. The molecule has 41 heteroatoms. The first kappa shape index (κ1) is 76.4. The van der Waals surface area contributed by atoms with Gasteiger partial charge in [-0.25, -0.2) is 26.8 Å². The SMILES string of the molecule is CN1CCn2ncc(N)c2C1=O.CN1CCn2ncc(N)c2C1=O.CN1CCn2ncc(S(=O)(=O)CC(=O)Cc3c4c(cc5c3CCC5)CCC4)c2C1=O.CN1CCn2ncc(S(N)(=O)=O)c2C1=O.CN1CCn2ncc([N+](=O)[O-])c2C1=O.Nc1c2c(cc3c1CCC3)CCC2.O=C(O)c1[nH]ncc1[N+](=O)[O-]. The average Bonchev–Trinajstić information content (AvgIpc) is 1.66. The number of nitro groups is 2. The van der Waals surface area contributed by atoms with Crippen molar-refractivity contribution in [1.82, 2.24) is 83.6 Å². The number of hydrogen-bond acceptors (Lipinski definition) is 24. The second-order valence-electron chi connectivity index (χ2n) is 26.8. The number of anilines is 3. The number of sulfone groups is 1. The highest BCUT2D eigenvalue weighted by Gasteiger charge is 2.37. The Balaban J connectivity index is 0.000000129. The number of sulfonamides is 1. The molecule has 0 fully saturated rings. The molecule has 4 aliphatic carbocycles. The fraction of sp³-hybridized carbons (Fsp3) is 0.439. The maximum atomic E-state index is 13.0. The molecule has 8 aromatic rings. The molecule has 0 spiro atoms. The molecule has 568 valence electrons. The number of likely N-dealkylation sites (N-methyl/N-ethyl adjacent to an activating group) is 5. The topological polar surface area (TPSA) is 532 Å². The van der Waals surface area contributed by atoms with E-state index in [1.807, 2.05) is 5.10 Å². The van der Waals surface area contributed by atoms with Gasteiger partial charge < -0.3 is 46.8 Å². The number of nitrogens with two attached hydrogens (primary N) is 4. The Morgan fingerprint density at radius 2 is 0.822 bits per heavy atom. The van der Waals surface area contributed by atoms with Gasteiger partial charge in [-0.2, -0.15) is 30.6 Å². The van der Waals surface area contributed by atoms with Crippen LogP contribution >= 0.6 is 0 Å². The molecule has 17 rings (SSSR count). The lowest BCUT2D eigenvalue weighted by molar-refractivity contribution is -0.385. The first-order valence-corrected chi connectivity index (χ1v) is 37.4. The van der Waals surface area contributed by atoms with E-state index >= 15 is 0 Å². The minimum atomic E-state index is -3.94. The number of aromatic carboxylic acids is 1. The summed E-state index contributed by atoms with van der Waals surface area (Å²) in [5.74, 6) is -3.49. The van der Waals surface area contributed by atoms with Crippen molar-refractivity contribution in [2.45, 2.75) is 126 Å². The molecule has 39 nitrogen and oxygen atoms in total. The monoisotopic (exact) mass is 1520 g/mol. The number of benzene rings is 2. The molecule has 0 unspecified atom stereocenters. The zero-order valence-corrected chi connectivity index (χ0v) is 61.0. The van der Waals surface area contributed by atoms with Crippen LogP contribution in [0.1, 0.15) is 139 Å². The van der Waals surface area contributed by atoms with Crippen LogP contribution in [0.25, 0.3) is 0 Å². The Bertz CT molecular complexity index is 4980. The van der Waals surface area contributed by atoms with Gasteiger partial charge in [0.2, 0.25) is 21.4 Å². The summed E-state index contributed by atoms with van der Waals surface area (Å²) in [5, 5.41) is 58.8. The van der Waals surface area contributed by atoms with Gasteiger partial charge >= 0.3 is 17.3 Å². The number of carboxylic acids is 1. The number of amides is 5. The fourth-order valence-corrected chi connectivity index (χ4v) is 16.2. The van der Waals surface area contributed by atoms with Crippen LogP contribution in [0.4, 0.5) is 28.4 Å². The first-order valence-electron chi connectivity index (χ1n) is 34.2. The second kappa shape index (κ2) is 31.1. The van der Waals surface area contributed by atoms with Gasteiger partial charge in [0.1, 0.15) is 50.7 Å². The predicted octanol–water partition coefficient (Wildman–Crippen LogP) is 1.39. The Labute approximate surface area is 611 Å². The normalized spacial score (nSPS) is 16.3. The van der Waals surface area contributed by atoms with Crippen molar-refractivity contribution >= 4 is 89.6 Å². The lowest BCUT2D eigenvalue weighted by atomic mass is 9.91. The number of rotatable bonds is 9. The van der Waals surface area contributed by atoms with E-state index in [-0.39, 0.29) is 74.3 Å². The van der Waals surface area contributed by atoms with Gasteiger partial charge in [-0.3, -0.25) is 77.5 Å². The van der Waals surface area contributed by atoms with Crippen molar-refractivity contribution < 1.29 is 65.4 Å². The summed E-state index contributed by atoms with van der Waals surface area (Å²) >= 11 is 0. The number of fused-ring (bicyclic) bond motifs is 9. The molecule has 2 aromatic carbocycles. The lowest BCUT2D eigenvalue weighted by Crippen LogP contribution is -2.38. The number of Topliss-reactive ketones (excluding diaryl/α,β-unsaturated/α-hetero) is 1. The molecular weight excluding hydrogens is 1440 g/mol. The number of ketones is 1. The van der Waals surface area contributed by atoms with Gasteiger partial charge in [-0.05, 0) is 127 Å². The number of aryl methyl sites for hydroxylation is 4. The van der Waals surface area contributed by atoms with Crippen LogP contribution in [-0.2, 0) is 115 Å².